The molecule has 58 valence electrons. The Morgan fingerprint density at radius 3 is 2.80 bits per heavy atom. The molecule has 0 unspecified atom stereocenters. The number of rotatable bonds is 2. The summed E-state index contributed by atoms with van der Waals surface area (Å²) in [6.07, 6.45) is 0.220. The van der Waals surface area contributed by atoms with Gasteiger partial charge in [-0.25, -0.2) is 4.79 Å². The second kappa shape index (κ2) is 2.88. The van der Waals surface area contributed by atoms with Crippen molar-refractivity contribution < 1.29 is 9.53 Å². The average Bonchev–Trinajstić information content (AvgIpc) is 1.76. The Morgan fingerprint density at radius 1 is 1.80 bits per heavy atom. The summed E-state index contributed by atoms with van der Waals surface area (Å²) in [4.78, 5) is 12.0. The van der Waals surface area contributed by atoms with Crippen molar-refractivity contribution >= 4 is 6.03 Å². The maximum Gasteiger partial charge on any atom is 0.314 e. The molecule has 1 heterocycles. The fraction of sp³-hybridized carbons (Fsp3) is 0.833. The Labute approximate surface area is 59.9 Å². The maximum atomic E-state index is 10.4. The first-order valence-electron chi connectivity index (χ1n) is 3.40. The molecule has 0 aromatic rings. The van der Waals surface area contributed by atoms with Crippen LogP contribution in [0.3, 0.4) is 0 Å². The highest BCUT2D eigenvalue weighted by molar-refractivity contribution is 5.73. The molecule has 0 aliphatic carbocycles. The minimum atomic E-state index is -0.351. The molecule has 0 atom stereocenters. The predicted molar refractivity (Wildman–Crippen MR) is 36.6 cm³/mol. The third-order valence-corrected chi connectivity index (χ3v) is 1.56. The number of hydrogen-bond acceptors (Lipinski definition) is 2. The predicted octanol–water partition coefficient (Wildman–Crippen LogP) is -0.214. The third kappa shape index (κ3) is 1.39. The summed E-state index contributed by atoms with van der Waals surface area (Å²) < 4.78 is 5.21. The van der Waals surface area contributed by atoms with Crippen LogP contribution in [0.4, 0.5) is 4.79 Å². The summed E-state index contributed by atoms with van der Waals surface area (Å²) in [5.41, 5.74) is 4.99. The first kappa shape index (κ1) is 7.34. The monoisotopic (exact) mass is 144 g/mol. The highest BCUT2D eigenvalue weighted by Crippen LogP contribution is 2.09. The van der Waals surface area contributed by atoms with Gasteiger partial charge in [0, 0.05) is 6.61 Å². The zero-order valence-corrected chi connectivity index (χ0v) is 6.04. The molecule has 1 aliphatic rings. The lowest BCUT2D eigenvalue weighted by Gasteiger charge is -2.37. The fourth-order valence-corrected chi connectivity index (χ4v) is 0.959. The summed E-state index contributed by atoms with van der Waals surface area (Å²) in [7, 11) is 0. The highest BCUT2D eigenvalue weighted by Gasteiger charge is 2.29. The number of ether oxygens (including phenoxy) is 1. The van der Waals surface area contributed by atoms with Gasteiger partial charge >= 0.3 is 6.03 Å². The Morgan fingerprint density at radius 2 is 2.40 bits per heavy atom. The number of carbonyl (C=O) groups is 1. The van der Waals surface area contributed by atoms with Gasteiger partial charge in [-0.05, 0) is 6.92 Å². The van der Waals surface area contributed by atoms with Crippen LogP contribution in [0.2, 0.25) is 0 Å². The van der Waals surface area contributed by atoms with Crippen LogP contribution in [-0.4, -0.2) is 36.7 Å². The van der Waals surface area contributed by atoms with E-state index >= 15 is 0 Å². The summed E-state index contributed by atoms with van der Waals surface area (Å²) >= 11 is 0. The number of hydrogen-bond donors (Lipinski definition) is 1. The van der Waals surface area contributed by atoms with E-state index in [-0.39, 0.29) is 12.1 Å². The van der Waals surface area contributed by atoms with Gasteiger partial charge in [0.1, 0.15) is 0 Å². The zero-order chi connectivity index (χ0) is 7.56. The summed E-state index contributed by atoms with van der Waals surface area (Å²) in [6, 6.07) is -0.351. The number of likely N-dealkylation sites (tertiary alicyclic amines) is 1. The van der Waals surface area contributed by atoms with Gasteiger partial charge in [-0.15, -0.1) is 0 Å². The van der Waals surface area contributed by atoms with E-state index in [2.05, 4.69) is 0 Å². The van der Waals surface area contributed by atoms with Crippen LogP contribution < -0.4 is 5.73 Å². The molecule has 0 aromatic carbocycles. The maximum absolute atomic E-state index is 10.4. The molecule has 4 nitrogen and oxygen atoms in total. The largest absolute Gasteiger partial charge is 0.375 e. The van der Waals surface area contributed by atoms with Crippen molar-refractivity contribution in [2.75, 3.05) is 19.7 Å². The van der Waals surface area contributed by atoms with Crippen LogP contribution in [0.15, 0.2) is 0 Å². The Balaban J connectivity index is 2.12. The van der Waals surface area contributed by atoms with Gasteiger partial charge in [0.15, 0.2) is 0 Å². The molecule has 1 aliphatic heterocycles. The molecule has 2 amide bonds. The van der Waals surface area contributed by atoms with Crippen LogP contribution in [0.5, 0.6) is 0 Å². The highest BCUT2D eigenvalue weighted by atomic mass is 16.5. The van der Waals surface area contributed by atoms with E-state index in [0.717, 1.165) is 0 Å². The van der Waals surface area contributed by atoms with Crippen molar-refractivity contribution in [1.29, 1.82) is 0 Å². The van der Waals surface area contributed by atoms with Gasteiger partial charge in [0.25, 0.3) is 0 Å². The van der Waals surface area contributed by atoms with Gasteiger partial charge in [0.2, 0.25) is 0 Å². The van der Waals surface area contributed by atoms with Crippen LogP contribution in [0.25, 0.3) is 0 Å². The molecular weight excluding hydrogens is 132 g/mol. The third-order valence-electron chi connectivity index (χ3n) is 1.56. The van der Waals surface area contributed by atoms with Gasteiger partial charge in [-0.1, -0.05) is 0 Å². The molecule has 4 heteroatoms. The van der Waals surface area contributed by atoms with Gasteiger partial charge in [0.05, 0.1) is 19.2 Å². The molecule has 0 saturated carbocycles. The van der Waals surface area contributed by atoms with E-state index < -0.39 is 0 Å². The van der Waals surface area contributed by atoms with Crippen LogP contribution in [0.1, 0.15) is 6.92 Å². The number of carbonyl (C=O) groups excluding carboxylic acids is 1. The van der Waals surface area contributed by atoms with Crippen LogP contribution >= 0.6 is 0 Å². The standard InChI is InChI=1S/C6H12N2O2/c1-2-10-5-3-8(4-5)6(7)9/h5H,2-4H2,1H3,(H2,7,9). The molecule has 0 radical (unpaired) electrons. The molecule has 1 fully saturated rings. The van der Waals surface area contributed by atoms with E-state index in [0.29, 0.717) is 19.7 Å². The SMILES string of the molecule is CCOC1CN(C(N)=O)C1. The number of urea groups is 1. The van der Waals surface area contributed by atoms with Gasteiger partial charge in [-0.3, -0.25) is 0 Å². The van der Waals surface area contributed by atoms with Crippen molar-refractivity contribution in [2.45, 2.75) is 13.0 Å². The number of primary amides is 1. The normalized spacial score (nSPS) is 18.7. The Bertz CT molecular complexity index is 132. The van der Waals surface area contributed by atoms with Crippen molar-refractivity contribution in [3.63, 3.8) is 0 Å². The van der Waals surface area contributed by atoms with Gasteiger partial charge in [-0.2, -0.15) is 0 Å². The minimum Gasteiger partial charge on any atom is -0.375 e. The lowest BCUT2D eigenvalue weighted by Crippen LogP contribution is -2.56. The summed E-state index contributed by atoms with van der Waals surface area (Å²) in [5.74, 6) is 0. The summed E-state index contributed by atoms with van der Waals surface area (Å²) in [6.45, 7) is 3.95. The average molecular weight is 144 g/mol. The fourth-order valence-electron chi connectivity index (χ4n) is 0.959. The number of nitrogens with two attached hydrogens (primary N) is 1. The van der Waals surface area contributed by atoms with Crippen LogP contribution in [-0.2, 0) is 4.74 Å². The molecule has 2 N–H and O–H groups in total. The van der Waals surface area contributed by atoms with Crippen molar-refractivity contribution in [1.82, 2.24) is 4.90 Å². The molecule has 10 heavy (non-hydrogen) atoms. The van der Waals surface area contributed by atoms with Crippen molar-refractivity contribution in [3.05, 3.63) is 0 Å². The lowest BCUT2D eigenvalue weighted by molar-refractivity contribution is -0.0284. The van der Waals surface area contributed by atoms with Crippen LogP contribution in [0, 0.1) is 0 Å². The van der Waals surface area contributed by atoms with E-state index in [1.807, 2.05) is 6.92 Å². The molecule has 1 saturated heterocycles. The zero-order valence-electron chi connectivity index (χ0n) is 6.04. The molecular formula is C6H12N2O2. The first-order chi connectivity index (χ1) is 4.74. The molecule has 1 rings (SSSR count). The Hall–Kier alpha value is -0.770. The topological polar surface area (TPSA) is 55.6 Å². The first-order valence-corrected chi connectivity index (χ1v) is 3.40. The Kier molecular flexibility index (Phi) is 2.11. The van der Waals surface area contributed by atoms with E-state index in [9.17, 15) is 4.79 Å². The summed E-state index contributed by atoms with van der Waals surface area (Å²) in [5, 5.41) is 0. The van der Waals surface area contributed by atoms with E-state index in [1.54, 1.807) is 4.90 Å². The second-order valence-electron chi connectivity index (χ2n) is 2.32. The van der Waals surface area contributed by atoms with Crippen molar-refractivity contribution in [2.24, 2.45) is 5.73 Å². The molecule has 0 spiro atoms. The minimum absolute atomic E-state index is 0.220. The van der Waals surface area contributed by atoms with Gasteiger partial charge < -0.3 is 15.4 Å². The number of amides is 2. The van der Waals surface area contributed by atoms with E-state index in [1.165, 1.54) is 0 Å². The number of nitrogens with zero attached hydrogens (tertiary/aromatic N) is 1. The second-order valence-corrected chi connectivity index (χ2v) is 2.32. The molecule has 0 aromatic heterocycles. The smallest absolute Gasteiger partial charge is 0.314 e. The van der Waals surface area contributed by atoms with E-state index in [4.69, 9.17) is 10.5 Å². The molecule has 0 bridgehead atoms. The quantitative estimate of drug-likeness (QED) is 0.582. The lowest BCUT2D eigenvalue weighted by atomic mass is 10.2. The van der Waals surface area contributed by atoms with Crippen molar-refractivity contribution in [3.8, 4) is 0 Å².